The van der Waals surface area contributed by atoms with Gasteiger partial charge in [0.2, 0.25) is 5.91 Å². The number of hydrogen-bond acceptors (Lipinski definition) is 5. The second kappa shape index (κ2) is 8.49. The first-order valence-corrected chi connectivity index (χ1v) is 7.21. The monoisotopic (exact) mass is 300 g/mol. The Bertz CT molecular complexity index is 386. The summed E-state index contributed by atoms with van der Waals surface area (Å²) in [6.45, 7) is 4.63. The van der Waals surface area contributed by atoms with Gasteiger partial charge in [-0.2, -0.15) is 0 Å². The molecule has 2 atom stereocenters. The fraction of sp³-hybridized carbons (Fsp3) is 0.786. The van der Waals surface area contributed by atoms with Crippen LogP contribution in [-0.4, -0.2) is 55.7 Å². The highest BCUT2D eigenvalue weighted by Gasteiger charge is 2.30. The maximum Gasteiger partial charge on any atom is 0.407 e. The molecule has 2 amide bonds. The normalized spacial score (nSPS) is 21.6. The lowest BCUT2D eigenvalue weighted by molar-refractivity contribution is -0.141. The minimum absolute atomic E-state index is 0.0339. The van der Waals surface area contributed by atoms with Crippen molar-refractivity contribution < 1.29 is 23.9 Å². The fourth-order valence-corrected chi connectivity index (χ4v) is 2.54. The van der Waals surface area contributed by atoms with Crippen molar-refractivity contribution in [3.63, 3.8) is 0 Å². The summed E-state index contributed by atoms with van der Waals surface area (Å²) in [7, 11) is 1.36. The molecule has 1 rings (SSSR count). The Hall–Kier alpha value is -1.79. The minimum atomic E-state index is -0.473. The number of nitrogens with one attached hydrogen (secondary N) is 1. The molecule has 0 aromatic rings. The molecule has 0 saturated carbocycles. The number of carbonyl (C=O) groups is 3. The van der Waals surface area contributed by atoms with Gasteiger partial charge in [-0.05, 0) is 25.7 Å². The number of amides is 2. The maximum absolute atomic E-state index is 11.6. The first-order chi connectivity index (χ1) is 9.96. The van der Waals surface area contributed by atoms with E-state index < -0.39 is 6.09 Å². The molecule has 0 bridgehead atoms. The van der Waals surface area contributed by atoms with Crippen LogP contribution in [0.15, 0.2) is 0 Å². The number of hydrogen-bond donors (Lipinski definition) is 1. The first kappa shape index (κ1) is 17.3. The standard InChI is InChI=1S/C14H24N2O5/c1-4-21-14(19)15-12-7-11(5-6-13(18)20-3)8-16(9-12)10(2)17/h11-12H,4-9H2,1-3H3,(H,15,19). The minimum Gasteiger partial charge on any atom is -0.469 e. The summed E-state index contributed by atoms with van der Waals surface area (Å²) in [6, 6.07) is -0.149. The number of ether oxygens (including phenoxy) is 2. The first-order valence-electron chi connectivity index (χ1n) is 7.21. The van der Waals surface area contributed by atoms with E-state index in [9.17, 15) is 14.4 Å². The molecule has 120 valence electrons. The summed E-state index contributed by atoms with van der Waals surface area (Å²) in [4.78, 5) is 36.0. The van der Waals surface area contributed by atoms with E-state index >= 15 is 0 Å². The number of esters is 1. The Morgan fingerprint density at radius 1 is 1.29 bits per heavy atom. The molecular weight excluding hydrogens is 276 g/mol. The van der Waals surface area contributed by atoms with Crippen molar-refractivity contribution in [2.75, 3.05) is 26.8 Å². The predicted octanol–water partition coefficient (Wildman–Crippen LogP) is 0.923. The molecule has 7 nitrogen and oxygen atoms in total. The molecule has 0 aromatic heterocycles. The lowest BCUT2D eigenvalue weighted by Crippen LogP contribution is -2.52. The van der Waals surface area contributed by atoms with E-state index in [1.807, 2.05) is 0 Å². The van der Waals surface area contributed by atoms with Gasteiger partial charge < -0.3 is 19.7 Å². The van der Waals surface area contributed by atoms with Crippen LogP contribution < -0.4 is 5.32 Å². The number of nitrogens with zero attached hydrogens (tertiary/aromatic N) is 1. The van der Waals surface area contributed by atoms with Crippen LogP contribution in [0.3, 0.4) is 0 Å². The molecule has 1 saturated heterocycles. The largest absolute Gasteiger partial charge is 0.469 e. The van der Waals surface area contributed by atoms with Gasteiger partial charge in [-0.15, -0.1) is 0 Å². The summed E-state index contributed by atoms with van der Waals surface area (Å²) in [5.41, 5.74) is 0. The Kier molecular flexibility index (Phi) is 6.98. The van der Waals surface area contributed by atoms with Crippen molar-refractivity contribution >= 4 is 18.0 Å². The van der Waals surface area contributed by atoms with E-state index in [-0.39, 0.29) is 23.8 Å². The van der Waals surface area contributed by atoms with Gasteiger partial charge >= 0.3 is 12.1 Å². The van der Waals surface area contributed by atoms with Crippen LogP contribution >= 0.6 is 0 Å². The molecule has 21 heavy (non-hydrogen) atoms. The highest BCUT2D eigenvalue weighted by atomic mass is 16.5. The molecule has 0 spiro atoms. The molecule has 2 unspecified atom stereocenters. The zero-order valence-corrected chi connectivity index (χ0v) is 12.9. The van der Waals surface area contributed by atoms with E-state index in [0.717, 1.165) is 6.42 Å². The zero-order valence-electron chi connectivity index (χ0n) is 12.9. The zero-order chi connectivity index (χ0) is 15.8. The van der Waals surface area contributed by atoms with Crippen LogP contribution in [0.25, 0.3) is 0 Å². The molecule has 0 aromatic carbocycles. The van der Waals surface area contributed by atoms with E-state index in [4.69, 9.17) is 4.74 Å². The highest BCUT2D eigenvalue weighted by molar-refractivity contribution is 5.74. The van der Waals surface area contributed by atoms with Gasteiger partial charge in [0.25, 0.3) is 0 Å². The quantitative estimate of drug-likeness (QED) is 0.763. The van der Waals surface area contributed by atoms with E-state index in [1.165, 1.54) is 14.0 Å². The van der Waals surface area contributed by atoms with Crippen molar-refractivity contribution in [2.45, 2.75) is 39.2 Å². The average molecular weight is 300 g/mol. The number of alkyl carbamates (subject to hydrolysis) is 1. The van der Waals surface area contributed by atoms with Gasteiger partial charge in [0.05, 0.1) is 19.8 Å². The molecular formula is C14H24N2O5. The molecule has 1 fully saturated rings. The van der Waals surface area contributed by atoms with E-state index in [2.05, 4.69) is 10.1 Å². The number of carbonyl (C=O) groups excluding carboxylic acids is 3. The molecule has 0 aliphatic carbocycles. The third-order valence-corrected chi connectivity index (χ3v) is 3.56. The summed E-state index contributed by atoms with van der Waals surface area (Å²) < 4.78 is 9.49. The summed E-state index contributed by atoms with van der Waals surface area (Å²) in [5.74, 6) is -0.132. The lowest BCUT2D eigenvalue weighted by Gasteiger charge is -2.37. The maximum atomic E-state index is 11.6. The van der Waals surface area contributed by atoms with Crippen LogP contribution in [-0.2, 0) is 19.1 Å². The number of rotatable bonds is 5. The third-order valence-electron chi connectivity index (χ3n) is 3.56. The Labute approximate surface area is 124 Å². The van der Waals surface area contributed by atoms with E-state index in [0.29, 0.717) is 32.5 Å². The van der Waals surface area contributed by atoms with Gasteiger partial charge in [0.1, 0.15) is 0 Å². The molecule has 1 aliphatic rings. The van der Waals surface area contributed by atoms with Crippen LogP contribution in [0.1, 0.15) is 33.1 Å². The molecule has 1 aliphatic heterocycles. The topological polar surface area (TPSA) is 84.9 Å². The van der Waals surface area contributed by atoms with Crippen LogP contribution in [0.2, 0.25) is 0 Å². The summed E-state index contributed by atoms with van der Waals surface area (Å²) in [5, 5.41) is 2.77. The van der Waals surface area contributed by atoms with Crippen LogP contribution in [0.5, 0.6) is 0 Å². The van der Waals surface area contributed by atoms with E-state index in [1.54, 1.807) is 11.8 Å². The Balaban J connectivity index is 2.57. The van der Waals surface area contributed by atoms with Crippen molar-refractivity contribution in [2.24, 2.45) is 5.92 Å². The molecule has 0 radical (unpaired) electrons. The second-order valence-electron chi connectivity index (χ2n) is 5.20. The van der Waals surface area contributed by atoms with Crippen molar-refractivity contribution in [3.05, 3.63) is 0 Å². The SMILES string of the molecule is CCOC(=O)NC1CC(CCC(=O)OC)CN(C(C)=O)C1. The van der Waals surface area contributed by atoms with Crippen molar-refractivity contribution in [1.82, 2.24) is 10.2 Å². The third kappa shape index (κ3) is 6.01. The van der Waals surface area contributed by atoms with Crippen molar-refractivity contribution in [1.29, 1.82) is 0 Å². The van der Waals surface area contributed by atoms with Gasteiger partial charge in [0.15, 0.2) is 0 Å². The second-order valence-corrected chi connectivity index (χ2v) is 5.20. The van der Waals surface area contributed by atoms with Gasteiger partial charge in [-0.3, -0.25) is 9.59 Å². The highest BCUT2D eigenvalue weighted by Crippen LogP contribution is 2.22. The smallest absolute Gasteiger partial charge is 0.407 e. The van der Waals surface area contributed by atoms with Crippen LogP contribution in [0, 0.1) is 5.92 Å². The van der Waals surface area contributed by atoms with Crippen LogP contribution in [0.4, 0.5) is 4.79 Å². The van der Waals surface area contributed by atoms with Gasteiger partial charge in [-0.1, -0.05) is 0 Å². The lowest BCUT2D eigenvalue weighted by atomic mass is 9.90. The number of likely N-dealkylation sites (tertiary alicyclic amines) is 1. The Morgan fingerprint density at radius 3 is 2.57 bits per heavy atom. The number of methoxy groups -OCH3 is 1. The van der Waals surface area contributed by atoms with Crippen molar-refractivity contribution in [3.8, 4) is 0 Å². The average Bonchev–Trinajstić information content (AvgIpc) is 2.44. The summed E-state index contributed by atoms with van der Waals surface area (Å²) >= 11 is 0. The molecule has 1 N–H and O–H groups in total. The molecule has 1 heterocycles. The fourth-order valence-electron chi connectivity index (χ4n) is 2.54. The molecule has 7 heteroatoms. The Morgan fingerprint density at radius 2 is 2.00 bits per heavy atom. The van der Waals surface area contributed by atoms with Gasteiger partial charge in [-0.25, -0.2) is 4.79 Å². The summed E-state index contributed by atoms with van der Waals surface area (Å²) in [6.07, 6.45) is 1.20. The van der Waals surface area contributed by atoms with Gasteiger partial charge in [0, 0.05) is 26.4 Å². The predicted molar refractivity (Wildman–Crippen MR) is 75.6 cm³/mol. The number of piperidine rings is 1.